The minimum atomic E-state index is 0.148. The Morgan fingerprint density at radius 1 is 1.21 bits per heavy atom. The lowest BCUT2D eigenvalue weighted by molar-refractivity contribution is 0.495. The molecule has 0 heterocycles. The van der Waals surface area contributed by atoms with Gasteiger partial charge in [-0.15, -0.1) is 0 Å². The Hall–Kier alpha value is -0.700. The summed E-state index contributed by atoms with van der Waals surface area (Å²) in [5.41, 5.74) is 0. The molecule has 0 saturated heterocycles. The second-order valence-electron chi connectivity index (χ2n) is 2.92. The molecule has 0 saturated carbocycles. The fourth-order valence-corrected chi connectivity index (χ4v) is 1.04. The molecule has 4 nitrogen and oxygen atoms in total. The van der Waals surface area contributed by atoms with Crippen molar-refractivity contribution in [2.45, 2.75) is 33.4 Å². The van der Waals surface area contributed by atoms with Crippen molar-refractivity contribution in [3.63, 3.8) is 0 Å². The van der Waals surface area contributed by atoms with E-state index in [1.807, 2.05) is 6.92 Å². The van der Waals surface area contributed by atoms with Crippen LogP contribution < -0.4 is 10.6 Å². The first-order chi connectivity index (χ1) is 6.85. The average Bonchev–Trinajstić information content (AvgIpc) is 2.18. The van der Waals surface area contributed by atoms with Crippen molar-refractivity contribution in [3.8, 4) is 0 Å². The predicted molar refractivity (Wildman–Crippen MR) is 61.0 cm³/mol. The zero-order valence-corrected chi connectivity index (χ0v) is 9.51. The third-order valence-corrected chi connectivity index (χ3v) is 1.73. The number of hydrogen-bond acceptors (Lipinski definition) is 4. The maximum absolute atomic E-state index is 4.21. The van der Waals surface area contributed by atoms with Gasteiger partial charge >= 0.3 is 0 Å². The van der Waals surface area contributed by atoms with Gasteiger partial charge in [0.25, 0.3) is 0 Å². The van der Waals surface area contributed by atoms with Crippen LogP contribution in [0.1, 0.15) is 27.2 Å². The average molecular weight is 198 g/mol. The Bertz CT molecular complexity index is 173. The summed E-state index contributed by atoms with van der Waals surface area (Å²) in [6.07, 6.45) is 1.13. The van der Waals surface area contributed by atoms with E-state index in [1.165, 1.54) is 0 Å². The lowest BCUT2D eigenvalue weighted by atomic mass is 10.3. The van der Waals surface area contributed by atoms with Gasteiger partial charge in [-0.25, -0.2) is 9.98 Å². The van der Waals surface area contributed by atoms with Crippen LogP contribution in [0.4, 0.5) is 0 Å². The number of hydrogen-bond donors (Lipinski definition) is 2. The molecule has 14 heavy (non-hydrogen) atoms. The molecule has 0 rings (SSSR count). The van der Waals surface area contributed by atoms with Crippen LogP contribution in [-0.4, -0.2) is 38.4 Å². The molecule has 0 aromatic heterocycles. The van der Waals surface area contributed by atoms with E-state index in [2.05, 4.69) is 40.5 Å². The molecule has 0 radical (unpaired) electrons. The quantitative estimate of drug-likeness (QED) is 0.453. The van der Waals surface area contributed by atoms with Crippen LogP contribution in [0.2, 0.25) is 0 Å². The van der Waals surface area contributed by atoms with Gasteiger partial charge in [-0.1, -0.05) is 13.8 Å². The van der Waals surface area contributed by atoms with Crippen LogP contribution >= 0.6 is 0 Å². The maximum Gasteiger partial charge on any atom is 0.112 e. The van der Waals surface area contributed by atoms with Crippen LogP contribution in [0, 0.1) is 0 Å². The van der Waals surface area contributed by atoms with Crippen LogP contribution in [0.5, 0.6) is 0 Å². The van der Waals surface area contributed by atoms with E-state index in [4.69, 9.17) is 0 Å². The standard InChI is InChI=1S/C10H22N4/c1-4-11-8-7-10(13-6-3)14-9-12-5-2/h10-11,13H,4-8H2,1-3H3. The van der Waals surface area contributed by atoms with Gasteiger partial charge in [-0.2, -0.15) is 0 Å². The molecule has 0 aromatic carbocycles. The molecule has 1 atom stereocenters. The molecule has 0 fully saturated rings. The van der Waals surface area contributed by atoms with Crippen molar-refractivity contribution >= 4 is 6.01 Å². The first-order valence-electron chi connectivity index (χ1n) is 5.40. The van der Waals surface area contributed by atoms with E-state index in [1.54, 1.807) is 0 Å². The molecular weight excluding hydrogens is 176 g/mol. The highest BCUT2D eigenvalue weighted by atomic mass is 15.1. The summed E-state index contributed by atoms with van der Waals surface area (Å²) in [6, 6.07) is 2.71. The lowest BCUT2D eigenvalue weighted by Crippen LogP contribution is -2.30. The van der Waals surface area contributed by atoms with Crippen molar-refractivity contribution in [3.05, 3.63) is 0 Å². The Labute approximate surface area is 86.9 Å². The summed E-state index contributed by atoms with van der Waals surface area (Å²) in [6.45, 7) is 9.81. The molecule has 0 aliphatic heterocycles. The van der Waals surface area contributed by atoms with Gasteiger partial charge in [0, 0.05) is 6.54 Å². The van der Waals surface area contributed by atoms with Gasteiger partial charge in [0.2, 0.25) is 0 Å². The third kappa shape index (κ3) is 7.92. The minimum absolute atomic E-state index is 0.148. The third-order valence-electron chi connectivity index (χ3n) is 1.73. The second kappa shape index (κ2) is 10.4. The highest BCUT2D eigenvalue weighted by molar-refractivity contribution is 5.41. The molecule has 0 aromatic rings. The van der Waals surface area contributed by atoms with Crippen LogP contribution in [-0.2, 0) is 0 Å². The summed E-state index contributed by atoms with van der Waals surface area (Å²) >= 11 is 0. The Balaban J connectivity index is 3.82. The maximum atomic E-state index is 4.21. The Morgan fingerprint density at radius 2 is 2.00 bits per heavy atom. The Kier molecular flexibility index (Phi) is 9.86. The largest absolute Gasteiger partial charge is 0.317 e. The molecule has 1 unspecified atom stereocenters. The first-order valence-corrected chi connectivity index (χ1v) is 5.40. The van der Waals surface area contributed by atoms with Crippen molar-refractivity contribution in [1.29, 1.82) is 0 Å². The first kappa shape index (κ1) is 13.3. The molecule has 0 amide bonds. The highest BCUT2D eigenvalue weighted by Gasteiger charge is 2.02. The van der Waals surface area contributed by atoms with Gasteiger partial charge in [0.15, 0.2) is 0 Å². The van der Waals surface area contributed by atoms with E-state index >= 15 is 0 Å². The predicted octanol–water partition coefficient (Wildman–Crippen LogP) is 1.12. The second-order valence-corrected chi connectivity index (χ2v) is 2.92. The van der Waals surface area contributed by atoms with Crippen molar-refractivity contribution in [2.75, 3.05) is 26.2 Å². The fourth-order valence-electron chi connectivity index (χ4n) is 1.04. The molecule has 4 heteroatoms. The number of rotatable bonds is 8. The fraction of sp³-hybridized carbons (Fsp3) is 0.900. The van der Waals surface area contributed by atoms with Gasteiger partial charge in [0.1, 0.15) is 6.17 Å². The number of aliphatic imine (C=N–C) groups is 2. The van der Waals surface area contributed by atoms with E-state index in [9.17, 15) is 0 Å². The van der Waals surface area contributed by atoms with Crippen molar-refractivity contribution < 1.29 is 0 Å². The van der Waals surface area contributed by atoms with Crippen molar-refractivity contribution in [1.82, 2.24) is 10.6 Å². The summed E-state index contributed by atoms with van der Waals surface area (Å²) in [5, 5.41) is 6.54. The Morgan fingerprint density at radius 3 is 2.57 bits per heavy atom. The zero-order valence-electron chi connectivity index (χ0n) is 9.51. The molecule has 0 aliphatic carbocycles. The molecule has 0 spiro atoms. The van der Waals surface area contributed by atoms with Gasteiger partial charge < -0.3 is 5.32 Å². The lowest BCUT2D eigenvalue weighted by Gasteiger charge is -2.11. The van der Waals surface area contributed by atoms with Crippen LogP contribution in [0.15, 0.2) is 9.98 Å². The van der Waals surface area contributed by atoms with Crippen molar-refractivity contribution in [2.24, 2.45) is 9.98 Å². The molecule has 2 N–H and O–H groups in total. The van der Waals surface area contributed by atoms with Gasteiger partial charge in [-0.3, -0.25) is 5.32 Å². The topological polar surface area (TPSA) is 48.8 Å². The molecule has 0 aliphatic rings. The van der Waals surface area contributed by atoms with E-state index in [-0.39, 0.29) is 6.17 Å². The summed E-state index contributed by atoms with van der Waals surface area (Å²) in [7, 11) is 0. The normalized spacial score (nSPS) is 11.9. The SMILES string of the molecule is CCN=C=NC(CCNCC)NCC. The van der Waals surface area contributed by atoms with Gasteiger partial charge in [0.05, 0.1) is 6.01 Å². The van der Waals surface area contributed by atoms with E-state index < -0.39 is 0 Å². The van der Waals surface area contributed by atoms with Crippen LogP contribution in [0.25, 0.3) is 0 Å². The summed E-state index contributed by atoms with van der Waals surface area (Å²) in [5.74, 6) is 0. The minimum Gasteiger partial charge on any atom is -0.317 e. The molecule has 0 bridgehead atoms. The van der Waals surface area contributed by atoms with E-state index in [0.29, 0.717) is 0 Å². The van der Waals surface area contributed by atoms with Gasteiger partial charge in [-0.05, 0) is 33.0 Å². The summed E-state index contributed by atoms with van der Waals surface area (Å²) in [4.78, 5) is 8.15. The zero-order chi connectivity index (χ0) is 10.6. The van der Waals surface area contributed by atoms with Crippen LogP contribution in [0.3, 0.4) is 0 Å². The molecular formula is C10H22N4. The highest BCUT2D eigenvalue weighted by Crippen LogP contribution is 1.90. The summed E-state index contributed by atoms with van der Waals surface area (Å²) < 4.78 is 0. The number of nitrogens with one attached hydrogen (secondary N) is 2. The molecule has 82 valence electrons. The monoisotopic (exact) mass is 198 g/mol. The number of nitrogens with zero attached hydrogens (tertiary/aromatic N) is 2. The van der Waals surface area contributed by atoms with E-state index in [0.717, 1.165) is 32.6 Å². The smallest absolute Gasteiger partial charge is 0.112 e.